The van der Waals surface area contributed by atoms with Crippen molar-refractivity contribution < 1.29 is 0 Å². The Kier molecular flexibility index (Phi) is 7.83. The third kappa shape index (κ3) is 6.13. The number of benzene rings is 5. The summed E-state index contributed by atoms with van der Waals surface area (Å²) in [6.07, 6.45) is 5.55. The van der Waals surface area contributed by atoms with Crippen LogP contribution in [-0.4, -0.2) is 24.9 Å². The number of hydrogen-bond donors (Lipinski definition) is 0. The fraction of sp³-hybridized carbons (Fsp3) is 0. The van der Waals surface area contributed by atoms with Crippen molar-refractivity contribution in [2.75, 3.05) is 0 Å². The lowest BCUT2D eigenvalue weighted by atomic mass is 9.95. The summed E-state index contributed by atoms with van der Waals surface area (Å²) < 4.78 is 0. The maximum atomic E-state index is 5.01. The van der Waals surface area contributed by atoms with Crippen molar-refractivity contribution in [3.05, 3.63) is 176 Å². The molecule has 0 aliphatic heterocycles. The first-order valence-corrected chi connectivity index (χ1v) is 15.8. The molecular weight excluding hydrogens is 587 g/mol. The molecule has 0 radical (unpaired) electrons. The molecule has 8 aromatic rings. The first-order valence-electron chi connectivity index (χ1n) is 15.8. The second kappa shape index (κ2) is 13.0. The van der Waals surface area contributed by atoms with Crippen LogP contribution in [0.4, 0.5) is 0 Å². The molecule has 0 N–H and O–H groups in total. The van der Waals surface area contributed by atoms with Crippen LogP contribution in [0, 0.1) is 0 Å². The molecule has 0 aliphatic carbocycles. The number of nitrogens with zero attached hydrogens (tertiary/aromatic N) is 5. The Morgan fingerprint density at radius 2 is 0.771 bits per heavy atom. The van der Waals surface area contributed by atoms with Crippen LogP contribution in [0.5, 0.6) is 0 Å². The fourth-order valence-electron chi connectivity index (χ4n) is 5.79. The predicted molar refractivity (Wildman–Crippen MR) is 193 cm³/mol. The molecule has 5 nitrogen and oxygen atoms in total. The first kappa shape index (κ1) is 28.9. The van der Waals surface area contributed by atoms with Gasteiger partial charge >= 0.3 is 0 Å². The van der Waals surface area contributed by atoms with Crippen LogP contribution in [0.3, 0.4) is 0 Å². The standard InChI is InChI=1S/C43H29N5/c1-4-11-30(12-5-1)35-22-24-45-40(28-35)32-20-18-31(19-21-32)37-25-38(36-17-10-23-44-29-36)27-39(26-37)43-47-41(33-13-6-2-7-14-33)46-42(48-43)34-15-8-3-9-16-34/h1-29H. The molecule has 0 fully saturated rings. The third-order valence-corrected chi connectivity index (χ3v) is 8.27. The van der Waals surface area contributed by atoms with Crippen LogP contribution < -0.4 is 0 Å². The molecule has 3 aromatic heterocycles. The zero-order chi connectivity index (χ0) is 32.1. The lowest BCUT2D eigenvalue weighted by Crippen LogP contribution is -2.00. The number of aromatic nitrogens is 5. The monoisotopic (exact) mass is 615 g/mol. The Labute approximate surface area is 279 Å². The first-order chi connectivity index (χ1) is 23.8. The van der Waals surface area contributed by atoms with Gasteiger partial charge in [-0.3, -0.25) is 9.97 Å². The van der Waals surface area contributed by atoms with Gasteiger partial charge in [0.05, 0.1) is 5.69 Å². The molecule has 0 atom stereocenters. The highest BCUT2D eigenvalue weighted by molar-refractivity contribution is 5.81. The van der Waals surface area contributed by atoms with Gasteiger partial charge in [0.1, 0.15) is 0 Å². The van der Waals surface area contributed by atoms with Gasteiger partial charge in [-0.05, 0) is 64.2 Å². The Morgan fingerprint density at radius 1 is 0.292 bits per heavy atom. The highest BCUT2D eigenvalue weighted by atomic mass is 15.0. The quantitative estimate of drug-likeness (QED) is 0.178. The predicted octanol–water partition coefficient (Wildman–Crippen LogP) is 10.3. The Morgan fingerprint density at radius 3 is 1.35 bits per heavy atom. The second-order valence-corrected chi connectivity index (χ2v) is 11.5. The Hall–Kier alpha value is -6.59. The summed E-state index contributed by atoms with van der Waals surface area (Å²) in [4.78, 5) is 24.0. The smallest absolute Gasteiger partial charge is 0.164 e. The Bertz CT molecular complexity index is 2250. The van der Waals surface area contributed by atoms with Crippen molar-refractivity contribution in [1.29, 1.82) is 0 Å². The zero-order valence-corrected chi connectivity index (χ0v) is 26.0. The largest absolute Gasteiger partial charge is 0.264 e. The molecular formula is C43H29N5. The highest BCUT2D eigenvalue weighted by Crippen LogP contribution is 2.34. The molecule has 5 aromatic carbocycles. The minimum Gasteiger partial charge on any atom is -0.264 e. The second-order valence-electron chi connectivity index (χ2n) is 11.5. The van der Waals surface area contributed by atoms with E-state index in [9.17, 15) is 0 Å². The topological polar surface area (TPSA) is 64.5 Å². The highest BCUT2D eigenvalue weighted by Gasteiger charge is 2.15. The molecule has 5 heteroatoms. The summed E-state index contributed by atoms with van der Waals surface area (Å²) in [7, 11) is 0. The Balaban J connectivity index is 1.23. The van der Waals surface area contributed by atoms with E-state index in [2.05, 4.69) is 88.8 Å². The molecule has 48 heavy (non-hydrogen) atoms. The van der Waals surface area contributed by atoms with Crippen molar-refractivity contribution in [3.63, 3.8) is 0 Å². The number of pyridine rings is 2. The fourth-order valence-corrected chi connectivity index (χ4v) is 5.79. The van der Waals surface area contributed by atoms with E-state index in [1.165, 1.54) is 5.56 Å². The lowest BCUT2D eigenvalue weighted by Gasteiger charge is -2.13. The van der Waals surface area contributed by atoms with Gasteiger partial charge < -0.3 is 0 Å². The number of hydrogen-bond acceptors (Lipinski definition) is 5. The van der Waals surface area contributed by atoms with E-state index in [-0.39, 0.29) is 0 Å². The van der Waals surface area contributed by atoms with Crippen LogP contribution in [0.15, 0.2) is 176 Å². The van der Waals surface area contributed by atoms with E-state index in [0.717, 1.165) is 55.8 Å². The van der Waals surface area contributed by atoms with E-state index in [1.807, 2.05) is 91.3 Å². The summed E-state index contributed by atoms with van der Waals surface area (Å²) in [5.41, 5.74) is 11.2. The molecule has 0 spiro atoms. The van der Waals surface area contributed by atoms with Gasteiger partial charge in [-0.2, -0.15) is 0 Å². The SMILES string of the molecule is c1ccc(-c2ccnc(-c3ccc(-c4cc(-c5cccnc5)cc(-c5nc(-c6ccccc6)nc(-c6ccccc6)n5)c4)cc3)c2)cc1. The van der Waals surface area contributed by atoms with E-state index in [4.69, 9.17) is 15.0 Å². The minimum atomic E-state index is 0.605. The van der Waals surface area contributed by atoms with E-state index in [1.54, 1.807) is 6.20 Å². The van der Waals surface area contributed by atoms with Crippen molar-refractivity contribution in [2.24, 2.45) is 0 Å². The van der Waals surface area contributed by atoms with Crippen LogP contribution in [-0.2, 0) is 0 Å². The van der Waals surface area contributed by atoms with Crippen LogP contribution in [0.2, 0.25) is 0 Å². The molecule has 0 aliphatic rings. The van der Waals surface area contributed by atoms with Gasteiger partial charge in [0, 0.05) is 46.4 Å². The molecule has 0 saturated carbocycles. The molecule has 8 rings (SSSR count). The van der Waals surface area contributed by atoms with Gasteiger partial charge in [-0.1, -0.05) is 121 Å². The average Bonchev–Trinajstić information content (AvgIpc) is 3.19. The molecule has 0 bridgehead atoms. The van der Waals surface area contributed by atoms with E-state index < -0.39 is 0 Å². The van der Waals surface area contributed by atoms with Crippen molar-refractivity contribution in [2.45, 2.75) is 0 Å². The molecule has 0 unspecified atom stereocenters. The van der Waals surface area contributed by atoms with Gasteiger partial charge in [0.2, 0.25) is 0 Å². The summed E-state index contributed by atoms with van der Waals surface area (Å²) >= 11 is 0. The van der Waals surface area contributed by atoms with Gasteiger partial charge in [0.25, 0.3) is 0 Å². The van der Waals surface area contributed by atoms with Crippen molar-refractivity contribution in [3.8, 4) is 78.8 Å². The van der Waals surface area contributed by atoms with E-state index in [0.29, 0.717) is 17.5 Å². The van der Waals surface area contributed by atoms with Crippen LogP contribution >= 0.6 is 0 Å². The zero-order valence-electron chi connectivity index (χ0n) is 26.0. The average molecular weight is 616 g/mol. The normalized spacial score (nSPS) is 10.9. The molecule has 0 amide bonds. The van der Waals surface area contributed by atoms with Gasteiger partial charge in [0.15, 0.2) is 17.5 Å². The van der Waals surface area contributed by atoms with E-state index >= 15 is 0 Å². The summed E-state index contributed by atoms with van der Waals surface area (Å²) in [5.74, 6) is 1.86. The molecule has 226 valence electrons. The van der Waals surface area contributed by atoms with Crippen molar-refractivity contribution >= 4 is 0 Å². The maximum absolute atomic E-state index is 5.01. The number of rotatable bonds is 7. The summed E-state index contributed by atoms with van der Waals surface area (Å²) in [5, 5.41) is 0. The van der Waals surface area contributed by atoms with Gasteiger partial charge in [-0.15, -0.1) is 0 Å². The van der Waals surface area contributed by atoms with Gasteiger partial charge in [-0.25, -0.2) is 15.0 Å². The third-order valence-electron chi connectivity index (χ3n) is 8.27. The van der Waals surface area contributed by atoms with Crippen molar-refractivity contribution in [1.82, 2.24) is 24.9 Å². The summed E-state index contributed by atoms with van der Waals surface area (Å²) in [6, 6.07) is 53.7. The lowest BCUT2D eigenvalue weighted by molar-refractivity contribution is 1.07. The molecule has 0 saturated heterocycles. The minimum absolute atomic E-state index is 0.605. The molecule has 3 heterocycles. The maximum Gasteiger partial charge on any atom is 0.164 e. The summed E-state index contributed by atoms with van der Waals surface area (Å²) in [6.45, 7) is 0. The van der Waals surface area contributed by atoms with Crippen LogP contribution in [0.1, 0.15) is 0 Å². The van der Waals surface area contributed by atoms with Crippen LogP contribution in [0.25, 0.3) is 78.8 Å².